The lowest BCUT2D eigenvalue weighted by molar-refractivity contribution is 0.476. The zero-order valence-corrected chi connectivity index (χ0v) is 12.3. The first-order valence-corrected chi connectivity index (χ1v) is 7.11. The number of aromatic nitrogens is 3. The fourth-order valence-corrected chi connectivity index (χ4v) is 2.57. The summed E-state index contributed by atoms with van der Waals surface area (Å²) in [5.74, 6) is 0. The van der Waals surface area contributed by atoms with Crippen molar-refractivity contribution in [2.24, 2.45) is 0 Å². The fraction of sp³-hybridized carbons (Fsp3) is 0.154. The quantitative estimate of drug-likeness (QED) is 0.511. The number of anilines is 1. The maximum Gasteiger partial charge on any atom is 0.222 e. The smallest absolute Gasteiger partial charge is 0.222 e. The Morgan fingerprint density at radius 1 is 1.50 bits per heavy atom. The van der Waals surface area contributed by atoms with Crippen molar-refractivity contribution >= 4 is 33.6 Å². The molecule has 5 nitrogen and oxygen atoms in total. The van der Waals surface area contributed by atoms with E-state index in [-0.39, 0.29) is 5.28 Å². The van der Waals surface area contributed by atoms with Gasteiger partial charge in [0.05, 0.1) is 22.5 Å². The summed E-state index contributed by atoms with van der Waals surface area (Å²) in [4.78, 5) is 13.0. The number of aliphatic hydroxyl groups excluding tert-OH is 1. The van der Waals surface area contributed by atoms with E-state index in [9.17, 15) is 5.11 Å². The van der Waals surface area contributed by atoms with Crippen LogP contribution in [0.4, 0.5) is 5.13 Å². The predicted molar refractivity (Wildman–Crippen MR) is 82.6 cm³/mol. The third-order valence-corrected chi connectivity index (χ3v) is 3.54. The van der Waals surface area contributed by atoms with Crippen LogP contribution in [-0.2, 0) is 0 Å². The highest BCUT2D eigenvalue weighted by Gasteiger charge is 2.16. The normalized spacial score (nSPS) is 12.2. The third kappa shape index (κ3) is 3.15. The van der Waals surface area contributed by atoms with Crippen LogP contribution in [0.3, 0.4) is 0 Å². The summed E-state index contributed by atoms with van der Waals surface area (Å²) in [5, 5.41) is 9.94. The van der Waals surface area contributed by atoms with E-state index < -0.39 is 0 Å². The minimum atomic E-state index is 0.152. The van der Waals surface area contributed by atoms with E-state index in [1.807, 2.05) is 13.0 Å². The van der Waals surface area contributed by atoms with Crippen molar-refractivity contribution in [2.45, 2.75) is 13.3 Å². The fourth-order valence-electron chi connectivity index (χ4n) is 1.60. The zero-order valence-electron chi connectivity index (χ0n) is 10.7. The molecule has 2 aromatic heterocycles. The molecule has 2 heterocycles. The number of allylic oxidation sites excluding steroid dienone is 3. The zero-order chi connectivity index (χ0) is 14.5. The van der Waals surface area contributed by atoms with E-state index in [0.717, 1.165) is 17.6 Å². The van der Waals surface area contributed by atoms with Gasteiger partial charge in [-0.1, -0.05) is 30.4 Å². The molecule has 0 bridgehead atoms. The van der Waals surface area contributed by atoms with Crippen LogP contribution in [-0.4, -0.2) is 20.1 Å². The summed E-state index contributed by atoms with van der Waals surface area (Å²) in [5.41, 5.74) is 7.55. The van der Waals surface area contributed by atoms with Crippen molar-refractivity contribution in [2.75, 3.05) is 5.73 Å². The van der Waals surface area contributed by atoms with Gasteiger partial charge < -0.3 is 10.8 Å². The minimum Gasteiger partial charge on any atom is -0.515 e. The van der Waals surface area contributed by atoms with Crippen LogP contribution >= 0.6 is 22.9 Å². The molecule has 0 spiro atoms. The van der Waals surface area contributed by atoms with E-state index >= 15 is 0 Å². The summed E-state index contributed by atoms with van der Waals surface area (Å²) in [6, 6.07) is 1.72. The molecule has 20 heavy (non-hydrogen) atoms. The molecule has 2 rings (SSSR count). The molecule has 3 N–H and O–H groups in total. The molecule has 7 heteroatoms. The Bertz CT molecular complexity index is 666. The first-order chi connectivity index (χ1) is 9.65. The van der Waals surface area contributed by atoms with Crippen molar-refractivity contribution in [3.8, 4) is 10.6 Å². The molecular weight excluding hydrogens is 296 g/mol. The molecular formula is C13H13ClN4OS. The molecule has 0 aliphatic rings. The van der Waals surface area contributed by atoms with Gasteiger partial charge in [-0.15, -0.1) is 0 Å². The van der Waals surface area contributed by atoms with Gasteiger partial charge >= 0.3 is 0 Å². The van der Waals surface area contributed by atoms with Crippen LogP contribution in [0.1, 0.15) is 19.0 Å². The highest BCUT2D eigenvalue weighted by molar-refractivity contribution is 7.19. The largest absolute Gasteiger partial charge is 0.515 e. The maximum absolute atomic E-state index is 9.39. The Morgan fingerprint density at radius 2 is 2.30 bits per heavy atom. The number of hydrogen-bond donors (Lipinski definition) is 2. The number of hydrogen-bond acceptors (Lipinski definition) is 6. The molecule has 0 amide bonds. The number of nitrogens with zero attached hydrogens (tertiary/aromatic N) is 3. The van der Waals surface area contributed by atoms with Gasteiger partial charge in [0.1, 0.15) is 0 Å². The number of rotatable bonds is 4. The lowest BCUT2D eigenvalue weighted by Gasteiger charge is -2.02. The molecule has 0 aromatic carbocycles. The summed E-state index contributed by atoms with van der Waals surface area (Å²) < 4.78 is 0. The van der Waals surface area contributed by atoms with Crippen LogP contribution in [0.5, 0.6) is 0 Å². The maximum atomic E-state index is 9.39. The summed E-state index contributed by atoms with van der Waals surface area (Å²) >= 11 is 7.09. The van der Waals surface area contributed by atoms with Gasteiger partial charge in [-0.2, -0.15) is 0 Å². The number of halogens is 1. The number of thiazole rings is 1. The van der Waals surface area contributed by atoms with Gasteiger partial charge in [0, 0.05) is 11.8 Å². The second-order valence-electron chi connectivity index (χ2n) is 3.84. The molecule has 0 unspecified atom stereocenters. The minimum absolute atomic E-state index is 0.152. The molecule has 0 radical (unpaired) electrons. The Labute approximate surface area is 125 Å². The molecule has 0 saturated heterocycles. The standard InChI is InChI=1S/C13H13ClN4OS/c1-2-3-4-8(7-19)10-11(20-13(15)18-10)9-5-6-16-12(14)17-9/h3-7,19H,2H2,1H3,(H2,15,18)/b4-3-,8-7+. The Morgan fingerprint density at radius 3 is 2.95 bits per heavy atom. The Hall–Kier alpha value is -1.92. The molecule has 2 aromatic rings. The van der Waals surface area contributed by atoms with Gasteiger partial charge in [0.15, 0.2) is 5.13 Å². The number of aliphatic hydroxyl groups is 1. The van der Waals surface area contributed by atoms with Crippen LogP contribution in [0.25, 0.3) is 16.1 Å². The van der Waals surface area contributed by atoms with Crippen molar-refractivity contribution in [1.82, 2.24) is 15.0 Å². The third-order valence-electron chi connectivity index (χ3n) is 2.45. The Balaban J connectivity index is 2.53. The van der Waals surface area contributed by atoms with Gasteiger partial charge in [-0.25, -0.2) is 15.0 Å². The topological polar surface area (TPSA) is 84.9 Å². The van der Waals surface area contributed by atoms with E-state index in [4.69, 9.17) is 17.3 Å². The number of nitrogens with two attached hydrogens (primary N) is 1. The first kappa shape index (κ1) is 14.5. The van der Waals surface area contributed by atoms with E-state index in [0.29, 0.717) is 22.1 Å². The van der Waals surface area contributed by atoms with E-state index in [1.165, 1.54) is 11.3 Å². The Kier molecular flexibility index (Phi) is 4.70. The van der Waals surface area contributed by atoms with Crippen LogP contribution in [0.2, 0.25) is 5.28 Å². The van der Waals surface area contributed by atoms with Crippen LogP contribution in [0, 0.1) is 0 Å². The lowest BCUT2D eigenvalue weighted by atomic mass is 10.1. The van der Waals surface area contributed by atoms with Gasteiger partial charge in [-0.05, 0) is 24.1 Å². The van der Waals surface area contributed by atoms with E-state index in [1.54, 1.807) is 18.3 Å². The molecule has 0 aliphatic heterocycles. The number of nitrogen functional groups attached to an aromatic ring is 1. The SMILES string of the molecule is CC/C=C\C(=C/O)c1nc(N)sc1-c1ccnc(Cl)n1. The van der Waals surface area contributed by atoms with Crippen molar-refractivity contribution in [3.05, 3.63) is 41.7 Å². The monoisotopic (exact) mass is 308 g/mol. The molecule has 0 saturated carbocycles. The van der Waals surface area contributed by atoms with E-state index in [2.05, 4.69) is 15.0 Å². The van der Waals surface area contributed by atoms with Crippen LogP contribution in [0.15, 0.2) is 30.7 Å². The second kappa shape index (κ2) is 6.49. The second-order valence-corrected chi connectivity index (χ2v) is 5.20. The van der Waals surface area contributed by atoms with Crippen molar-refractivity contribution in [1.29, 1.82) is 0 Å². The summed E-state index contributed by atoms with van der Waals surface area (Å²) in [6.07, 6.45) is 7.14. The summed E-state index contributed by atoms with van der Waals surface area (Å²) in [6.45, 7) is 2.01. The molecule has 104 valence electrons. The average molecular weight is 309 g/mol. The first-order valence-electron chi connectivity index (χ1n) is 5.92. The average Bonchev–Trinajstić information content (AvgIpc) is 2.82. The van der Waals surface area contributed by atoms with Gasteiger partial charge in [0.2, 0.25) is 5.28 Å². The summed E-state index contributed by atoms with van der Waals surface area (Å²) in [7, 11) is 0. The highest BCUT2D eigenvalue weighted by Crippen LogP contribution is 2.35. The lowest BCUT2D eigenvalue weighted by Crippen LogP contribution is -1.90. The molecule has 0 fully saturated rings. The predicted octanol–water partition coefficient (Wildman–Crippen LogP) is 3.70. The molecule has 0 atom stereocenters. The van der Waals surface area contributed by atoms with Gasteiger partial charge in [-0.3, -0.25) is 0 Å². The van der Waals surface area contributed by atoms with Crippen LogP contribution < -0.4 is 5.73 Å². The highest BCUT2D eigenvalue weighted by atomic mass is 35.5. The van der Waals surface area contributed by atoms with Crippen molar-refractivity contribution < 1.29 is 5.11 Å². The van der Waals surface area contributed by atoms with Crippen molar-refractivity contribution in [3.63, 3.8) is 0 Å². The molecule has 0 aliphatic carbocycles. The van der Waals surface area contributed by atoms with Gasteiger partial charge in [0.25, 0.3) is 0 Å².